The maximum absolute atomic E-state index is 12.4. The van der Waals surface area contributed by atoms with Crippen LogP contribution in [0.4, 0.5) is 4.79 Å². The highest BCUT2D eigenvalue weighted by molar-refractivity contribution is 6.68. The lowest BCUT2D eigenvalue weighted by molar-refractivity contribution is 0.141. The van der Waals surface area contributed by atoms with Crippen molar-refractivity contribution in [3.63, 3.8) is 0 Å². The van der Waals surface area contributed by atoms with E-state index in [1.54, 1.807) is 60.7 Å². The van der Waals surface area contributed by atoms with E-state index >= 15 is 0 Å². The summed E-state index contributed by atoms with van der Waals surface area (Å²) in [5, 5.41) is 4.74. The summed E-state index contributed by atoms with van der Waals surface area (Å²) in [7, 11) is 0. The van der Waals surface area contributed by atoms with E-state index in [-0.39, 0.29) is 0 Å². The summed E-state index contributed by atoms with van der Waals surface area (Å²) in [6, 6.07) is 16.1. The zero-order valence-corrected chi connectivity index (χ0v) is 18.5. The molecule has 0 heterocycles. The molecule has 2 amide bonds. The lowest BCUT2D eigenvalue weighted by atomic mass is 10.3. The molecular formula is C17H14Cl6N2O3. The average Bonchev–Trinajstić information content (AvgIpc) is 2.61. The molecule has 0 aliphatic carbocycles. The second-order valence-corrected chi connectivity index (χ2v) is 10.1. The fraction of sp³-hybridized carbons (Fsp3) is 0.235. The monoisotopic (exact) mass is 504 g/mol. The lowest BCUT2D eigenvalue weighted by Gasteiger charge is -2.29. The van der Waals surface area contributed by atoms with E-state index in [2.05, 4.69) is 10.6 Å². The third kappa shape index (κ3) is 7.82. The molecule has 0 aromatic heterocycles. The van der Waals surface area contributed by atoms with Crippen LogP contribution in [0.5, 0.6) is 11.5 Å². The fourth-order valence-corrected chi connectivity index (χ4v) is 2.50. The molecule has 2 aromatic rings. The molecule has 152 valence electrons. The number of nitrogens with one attached hydrogen (secondary N) is 2. The molecule has 0 aliphatic rings. The Morgan fingerprint density at radius 3 is 1.29 bits per heavy atom. The summed E-state index contributed by atoms with van der Waals surface area (Å²) in [4.78, 5) is 12.4. The first-order valence-electron chi connectivity index (χ1n) is 7.69. The molecule has 0 aliphatic heterocycles. The predicted octanol–water partition coefficient (Wildman–Crippen LogP) is 5.84. The zero-order valence-electron chi connectivity index (χ0n) is 13.9. The molecule has 2 N–H and O–H groups in total. The first kappa shape index (κ1) is 23.3. The van der Waals surface area contributed by atoms with Crippen molar-refractivity contribution in [1.29, 1.82) is 0 Å². The van der Waals surface area contributed by atoms with Crippen molar-refractivity contribution < 1.29 is 14.3 Å². The average molecular weight is 507 g/mol. The quantitative estimate of drug-likeness (QED) is 0.382. The van der Waals surface area contributed by atoms with Gasteiger partial charge in [-0.15, -0.1) is 0 Å². The van der Waals surface area contributed by atoms with E-state index in [1.165, 1.54) is 0 Å². The van der Waals surface area contributed by atoms with Gasteiger partial charge in [0.05, 0.1) is 0 Å². The van der Waals surface area contributed by atoms with Crippen LogP contribution >= 0.6 is 69.6 Å². The number of amides is 2. The Balaban J connectivity index is 2.08. The maximum Gasteiger partial charge on any atom is 0.320 e. The van der Waals surface area contributed by atoms with Crippen LogP contribution in [0.25, 0.3) is 0 Å². The molecule has 2 atom stereocenters. The van der Waals surface area contributed by atoms with Crippen LogP contribution in [0.1, 0.15) is 0 Å². The summed E-state index contributed by atoms with van der Waals surface area (Å²) in [5.74, 6) is 0.746. The number of hydrogen-bond donors (Lipinski definition) is 2. The van der Waals surface area contributed by atoms with Crippen LogP contribution in [-0.4, -0.2) is 26.1 Å². The standard InChI is InChI=1S/C17H14Cl6N2O3/c18-16(19,20)13(27-11-7-3-1-4-8-11)24-15(26)25-14(17(21,22)23)28-12-9-5-2-6-10-12/h1-10,13-14H,(H2,24,25,26)/t13-,14+. The molecule has 28 heavy (non-hydrogen) atoms. The number of urea groups is 1. The van der Waals surface area contributed by atoms with Crippen molar-refractivity contribution in [2.45, 2.75) is 20.0 Å². The maximum atomic E-state index is 12.4. The number of rotatable bonds is 6. The van der Waals surface area contributed by atoms with Crippen LogP contribution < -0.4 is 20.1 Å². The SMILES string of the molecule is O=C(N[C@H](Oc1ccccc1)C(Cl)(Cl)Cl)N[C@@H](Oc1ccccc1)C(Cl)(Cl)Cl. The highest BCUT2D eigenvalue weighted by Gasteiger charge is 2.40. The smallest absolute Gasteiger partial charge is 0.320 e. The van der Waals surface area contributed by atoms with Crippen molar-refractivity contribution in [3.8, 4) is 11.5 Å². The molecule has 2 aromatic carbocycles. The highest BCUT2D eigenvalue weighted by atomic mass is 35.6. The second kappa shape index (κ2) is 10.2. The molecular weight excluding hydrogens is 493 g/mol. The Bertz CT molecular complexity index is 689. The normalized spacial score (nSPS) is 13.9. The van der Waals surface area contributed by atoms with E-state index in [1.807, 2.05) is 0 Å². The van der Waals surface area contributed by atoms with Gasteiger partial charge in [0, 0.05) is 0 Å². The van der Waals surface area contributed by atoms with E-state index < -0.39 is 26.1 Å². The van der Waals surface area contributed by atoms with Gasteiger partial charge in [-0.3, -0.25) is 10.6 Å². The number of para-hydroxylation sites is 2. The van der Waals surface area contributed by atoms with Gasteiger partial charge in [0.25, 0.3) is 0 Å². The minimum Gasteiger partial charge on any atom is -0.466 e. The summed E-state index contributed by atoms with van der Waals surface area (Å²) >= 11 is 35.4. The molecule has 0 saturated carbocycles. The second-order valence-electron chi connectivity index (χ2n) is 5.32. The van der Waals surface area contributed by atoms with Crippen LogP contribution in [0.2, 0.25) is 0 Å². The molecule has 0 spiro atoms. The van der Waals surface area contributed by atoms with Crippen LogP contribution in [-0.2, 0) is 0 Å². The van der Waals surface area contributed by atoms with E-state index in [0.717, 1.165) is 0 Å². The minimum atomic E-state index is -1.98. The van der Waals surface area contributed by atoms with E-state index in [0.29, 0.717) is 11.5 Å². The molecule has 0 bridgehead atoms. The van der Waals surface area contributed by atoms with Gasteiger partial charge < -0.3 is 9.47 Å². The van der Waals surface area contributed by atoms with E-state index in [4.69, 9.17) is 79.1 Å². The van der Waals surface area contributed by atoms with Crippen molar-refractivity contribution in [2.75, 3.05) is 0 Å². The number of halogens is 6. The number of benzene rings is 2. The number of ether oxygens (including phenoxy) is 2. The first-order chi connectivity index (χ1) is 13.1. The molecule has 5 nitrogen and oxygen atoms in total. The van der Waals surface area contributed by atoms with Gasteiger partial charge in [0.15, 0.2) is 0 Å². The summed E-state index contributed by atoms with van der Waals surface area (Å²) in [6.07, 6.45) is -2.68. The number of alkyl halides is 6. The largest absolute Gasteiger partial charge is 0.466 e. The van der Waals surface area contributed by atoms with Gasteiger partial charge in [0.1, 0.15) is 11.5 Å². The molecule has 0 saturated heterocycles. The number of carbonyl (C=O) groups is 1. The molecule has 0 fully saturated rings. The summed E-state index contributed by atoms with van der Waals surface area (Å²) in [5.41, 5.74) is 0. The van der Waals surface area contributed by atoms with Crippen molar-refractivity contribution in [3.05, 3.63) is 60.7 Å². The van der Waals surface area contributed by atoms with Crippen LogP contribution in [0, 0.1) is 0 Å². The van der Waals surface area contributed by atoms with Gasteiger partial charge in [-0.25, -0.2) is 4.79 Å². The third-order valence-corrected chi connectivity index (χ3v) is 4.30. The van der Waals surface area contributed by atoms with Crippen molar-refractivity contribution in [1.82, 2.24) is 10.6 Å². The summed E-state index contributed by atoms with van der Waals surface area (Å²) < 4.78 is 7.09. The van der Waals surface area contributed by atoms with Crippen molar-refractivity contribution >= 4 is 75.6 Å². The Morgan fingerprint density at radius 1 is 0.679 bits per heavy atom. The lowest BCUT2D eigenvalue weighted by Crippen LogP contribution is -2.56. The predicted molar refractivity (Wildman–Crippen MR) is 114 cm³/mol. The third-order valence-electron chi connectivity index (χ3n) is 3.11. The molecule has 0 unspecified atom stereocenters. The van der Waals surface area contributed by atoms with Gasteiger partial charge in [0.2, 0.25) is 20.0 Å². The number of carbonyl (C=O) groups excluding carboxylic acids is 1. The first-order valence-corrected chi connectivity index (χ1v) is 9.96. The van der Waals surface area contributed by atoms with Gasteiger partial charge in [-0.2, -0.15) is 0 Å². The topological polar surface area (TPSA) is 59.6 Å². The Hall–Kier alpha value is -0.950. The Labute approximate surface area is 192 Å². The van der Waals surface area contributed by atoms with Gasteiger partial charge in [-0.05, 0) is 24.3 Å². The van der Waals surface area contributed by atoms with E-state index in [9.17, 15) is 4.79 Å². The van der Waals surface area contributed by atoms with Gasteiger partial charge >= 0.3 is 6.03 Å². The van der Waals surface area contributed by atoms with Crippen molar-refractivity contribution in [2.24, 2.45) is 0 Å². The van der Waals surface area contributed by atoms with Gasteiger partial charge in [-0.1, -0.05) is 106 Å². The number of hydrogen-bond acceptors (Lipinski definition) is 3. The van der Waals surface area contributed by atoms with Crippen LogP contribution in [0.15, 0.2) is 60.7 Å². The van der Waals surface area contributed by atoms with Crippen LogP contribution in [0.3, 0.4) is 0 Å². The molecule has 2 rings (SSSR count). The fourth-order valence-electron chi connectivity index (χ4n) is 1.91. The molecule has 0 radical (unpaired) electrons. The molecule has 11 heteroatoms. The summed E-state index contributed by atoms with van der Waals surface area (Å²) in [6.45, 7) is 0. The zero-order chi connectivity index (χ0) is 20.8. The Kier molecular flexibility index (Phi) is 8.49. The minimum absolute atomic E-state index is 0.373. The Morgan fingerprint density at radius 2 is 1.00 bits per heavy atom. The highest BCUT2D eigenvalue weighted by Crippen LogP contribution is 2.33.